The van der Waals surface area contributed by atoms with Crippen LogP contribution in [0, 0.1) is 6.42 Å². The molecule has 0 amide bonds. The Kier molecular flexibility index (Phi) is 1.76. The molecule has 3 nitrogen and oxygen atoms in total. The maximum atomic E-state index is 12.8. The van der Waals surface area contributed by atoms with E-state index in [1.807, 2.05) is 0 Å². The van der Waals surface area contributed by atoms with Crippen LogP contribution in [0.15, 0.2) is 23.5 Å². The smallest absolute Gasteiger partial charge is 0.354 e. The van der Waals surface area contributed by atoms with Crippen molar-refractivity contribution in [3.05, 3.63) is 29.9 Å². The Hall–Kier alpha value is -1.45. The van der Waals surface area contributed by atoms with E-state index < -0.39 is 17.9 Å². The zero-order valence-corrected chi connectivity index (χ0v) is 6.62. The van der Waals surface area contributed by atoms with Crippen LogP contribution in [0.3, 0.4) is 0 Å². The monoisotopic (exact) mass is 181 g/mol. The predicted octanol–water partition coefficient (Wildman–Crippen LogP) is 0.869. The minimum atomic E-state index is -2.16. The van der Waals surface area contributed by atoms with Crippen molar-refractivity contribution in [1.82, 2.24) is 0 Å². The first kappa shape index (κ1) is 8.16. The van der Waals surface area contributed by atoms with Crippen molar-refractivity contribution in [2.24, 2.45) is 0 Å². The van der Waals surface area contributed by atoms with E-state index in [4.69, 9.17) is 0 Å². The standard InChI is InChI=1S/C9H6FO3/c10-7-8(11)5-3-1-2-4-6(5)13-9(7)12/h1,3-4,7H,2H2. The average molecular weight is 181 g/mol. The highest BCUT2D eigenvalue weighted by atomic mass is 19.1. The molecule has 0 aromatic heterocycles. The fraction of sp³-hybridized carbons (Fsp3) is 0.222. The molecule has 2 rings (SSSR count). The summed E-state index contributed by atoms with van der Waals surface area (Å²) in [5.74, 6) is -1.74. The molecule has 0 saturated heterocycles. The molecule has 1 aliphatic carbocycles. The third kappa shape index (κ3) is 1.18. The minimum Gasteiger partial charge on any atom is -0.427 e. The number of esters is 1. The summed E-state index contributed by atoms with van der Waals surface area (Å²) in [7, 11) is 0. The van der Waals surface area contributed by atoms with E-state index in [1.54, 1.807) is 12.5 Å². The van der Waals surface area contributed by atoms with E-state index >= 15 is 0 Å². The summed E-state index contributed by atoms with van der Waals surface area (Å²) in [6, 6.07) is 0. The number of hydrogen-bond acceptors (Lipinski definition) is 3. The molecular weight excluding hydrogens is 175 g/mol. The van der Waals surface area contributed by atoms with Crippen molar-refractivity contribution in [2.45, 2.75) is 12.6 Å². The van der Waals surface area contributed by atoms with Crippen LogP contribution in [0.2, 0.25) is 0 Å². The average Bonchev–Trinajstić information content (AvgIpc) is 2.15. The fourth-order valence-electron chi connectivity index (χ4n) is 1.26. The molecule has 0 N–H and O–H groups in total. The van der Waals surface area contributed by atoms with Gasteiger partial charge in [0.05, 0.1) is 5.57 Å². The molecule has 1 heterocycles. The third-order valence-electron chi connectivity index (χ3n) is 1.90. The van der Waals surface area contributed by atoms with Crippen LogP contribution in [0.5, 0.6) is 0 Å². The summed E-state index contributed by atoms with van der Waals surface area (Å²) < 4.78 is 17.4. The maximum Gasteiger partial charge on any atom is 0.354 e. The summed E-state index contributed by atoms with van der Waals surface area (Å²) in [4.78, 5) is 21.9. The summed E-state index contributed by atoms with van der Waals surface area (Å²) in [6.45, 7) is 0. The normalized spacial score (nSPS) is 27.3. The van der Waals surface area contributed by atoms with Crippen LogP contribution in [-0.4, -0.2) is 17.9 Å². The molecule has 4 heteroatoms. The van der Waals surface area contributed by atoms with E-state index in [2.05, 4.69) is 4.74 Å². The molecule has 1 unspecified atom stereocenters. The van der Waals surface area contributed by atoms with Gasteiger partial charge in [0.2, 0.25) is 5.78 Å². The second kappa shape index (κ2) is 2.80. The molecule has 1 radical (unpaired) electrons. The summed E-state index contributed by atoms with van der Waals surface area (Å²) >= 11 is 0. The van der Waals surface area contributed by atoms with Crippen LogP contribution < -0.4 is 0 Å². The largest absolute Gasteiger partial charge is 0.427 e. The number of alkyl halides is 1. The van der Waals surface area contributed by atoms with Gasteiger partial charge in [-0.1, -0.05) is 12.2 Å². The van der Waals surface area contributed by atoms with Crippen LogP contribution in [0.1, 0.15) is 6.42 Å². The Morgan fingerprint density at radius 2 is 2.23 bits per heavy atom. The first-order valence-corrected chi connectivity index (χ1v) is 3.84. The van der Waals surface area contributed by atoms with Crippen LogP contribution >= 0.6 is 0 Å². The van der Waals surface area contributed by atoms with Crippen molar-refractivity contribution in [2.75, 3.05) is 0 Å². The fourth-order valence-corrected chi connectivity index (χ4v) is 1.26. The Balaban J connectivity index is 2.42. The predicted molar refractivity (Wildman–Crippen MR) is 41.1 cm³/mol. The number of allylic oxidation sites excluding steroid dienone is 4. The number of rotatable bonds is 0. The lowest BCUT2D eigenvalue weighted by Crippen LogP contribution is -2.34. The molecule has 0 aromatic rings. The van der Waals surface area contributed by atoms with Gasteiger partial charge in [-0.05, 0) is 6.42 Å². The van der Waals surface area contributed by atoms with E-state index in [1.165, 1.54) is 6.08 Å². The molecule has 2 aliphatic rings. The molecule has 0 spiro atoms. The van der Waals surface area contributed by atoms with E-state index in [0.717, 1.165) is 0 Å². The zero-order chi connectivity index (χ0) is 9.42. The molecule has 1 atom stereocenters. The van der Waals surface area contributed by atoms with Gasteiger partial charge in [-0.3, -0.25) is 4.79 Å². The van der Waals surface area contributed by atoms with Crippen molar-refractivity contribution >= 4 is 11.8 Å². The van der Waals surface area contributed by atoms with E-state index in [9.17, 15) is 14.0 Å². The number of ketones is 1. The Morgan fingerprint density at radius 3 is 3.00 bits per heavy atom. The second-order valence-corrected chi connectivity index (χ2v) is 2.77. The van der Waals surface area contributed by atoms with Crippen molar-refractivity contribution < 1.29 is 18.7 Å². The molecule has 1 aliphatic heterocycles. The third-order valence-corrected chi connectivity index (χ3v) is 1.90. The highest BCUT2D eigenvalue weighted by Crippen LogP contribution is 2.26. The first-order chi connectivity index (χ1) is 6.20. The van der Waals surface area contributed by atoms with Gasteiger partial charge in [0, 0.05) is 6.42 Å². The Labute approximate surface area is 73.9 Å². The van der Waals surface area contributed by atoms with Crippen LogP contribution in [-0.2, 0) is 14.3 Å². The van der Waals surface area contributed by atoms with Crippen molar-refractivity contribution in [1.29, 1.82) is 0 Å². The molecule has 0 fully saturated rings. The lowest BCUT2D eigenvalue weighted by Gasteiger charge is -2.20. The number of carbonyl (C=O) groups is 2. The van der Waals surface area contributed by atoms with Crippen LogP contribution in [0.25, 0.3) is 0 Å². The highest BCUT2D eigenvalue weighted by molar-refractivity contribution is 6.14. The number of carbonyl (C=O) groups excluding carboxylic acids is 2. The van der Waals surface area contributed by atoms with Gasteiger partial charge in [-0.2, -0.15) is 0 Å². The lowest BCUT2D eigenvalue weighted by atomic mass is 9.97. The summed E-state index contributed by atoms with van der Waals surface area (Å²) in [6.07, 6.45) is 3.21. The van der Waals surface area contributed by atoms with E-state index in [0.29, 0.717) is 6.42 Å². The molecule has 13 heavy (non-hydrogen) atoms. The molecule has 0 aromatic carbocycles. The molecule has 0 bridgehead atoms. The lowest BCUT2D eigenvalue weighted by molar-refractivity contribution is -0.150. The second-order valence-electron chi connectivity index (χ2n) is 2.77. The van der Waals surface area contributed by atoms with Gasteiger partial charge < -0.3 is 4.74 Å². The summed E-state index contributed by atoms with van der Waals surface area (Å²) in [5.41, 5.74) is 0.151. The van der Waals surface area contributed by atoms with Gasteiger partial charge in [0.25, 0.3) is 6.17 Å². The molecule has 67 valence electrons. The van der Waals surface area contributed by atoms with Gasteiger partial charge in [-0.15, -0.1) is 0 Å². The van der Waals surface area contributed by atoms with E-state index in [-0.39, 0.29) is 11.3 Å². The quantitative estimate of drug-likeness (QED) is 0.411. The minimum absolute atomic E-state index is 0.151. The van der Waals surface area contributed by atoms with Crippen molar-refractivity contribution in [3.8, 4) is 0 Å². The highest BCUT2D eigenvalue weighted by Gasteiger charge is 2.37. The molecule has 0 saturated carbocycles. The van der Waals surface area contributed by atoms with Crippen LogP contribution in [0.4, 0.5) is 4.39 Å². The van der Waals surface area contributed by atoms with Crippen molar-refractivity contribution in [3.63, 3.8) is 0 Å². The number of Topliss-reactive ketones (excluding diaryl/α,β-unsaturated/α-hetero) is 1. The number of halogens is 1. The number of hydrogen-bond donors (Lipinski definition) is 0. The van der Waals surface area contributed by atoms with Gasteiger partial charge in [0.1, 0.15) is 5.76 Å². The Bertz CT molecular complexity index is 341. The van der Waals surface area contributed by atoms with Gasteiger partial charge >= 0.3 is 5.97 Å². The SMILES string of the molecule is O=C1OC2=C(C=CC[CH]2)C(=O)C1F. The maximum absolute atomic E-state index is 12.8. The first-order valence-electron chi connectivity index (χ1n) is 3.84. The summed E-state index contributed by atoms with van der Waals surface area (Å²) in [5, 5.41) is 0. The topological polar surface area (TPSA) is 43.4 Å². The van der Waals surface area contributed by atoms with Gasteiger partial charge in [-0.25, -0.2) is 9.18 Å². The zero-order valence-electron chi connectivity index (χ0n) is 6.62. The molecular formula is C9H6FO3. The number of ether oxygens (including phenoxy) is 1. The van der Waals surface area contributed by atoms with Gasteiger partial charge in [0.15, 0.2) is 0 Å². The Morgan fingerprint density at radius 1 is 1.46 bits per heavy atom.